The number of benzene rings is 1. The quantitative estimate of drug-likeness (QED) is 0.391. The van der Waals surface area contributed by atoms with Gasteiger partial charge in [0.1, 0.15) is 5.75 Å². The van der Waals surface area contributed by atoms with Gasteiger partial charge in [-0.05, 0) is 126 Å². The first kappa shape index (κ1) is 33.4. The molecule has 1 aromatic carbocycles. The lowest BCUT2D eigenvalue weighted by Crippen LogP contribution is -2.62. The summed E-state index contributed by atoms with van der Waals surface area (Å²) in [6.07, 6.45) is 4.21. The number of hydrogen-bond donors (Lipinski definition) is 1. The summed E-state index contributed by atoms with van der Waals surface area (Å²) in [6.45, 7) is 32.0. The third kappa shape index (κ3) is 6.28. The van der Waals surface area contributed by atoms with Gasteiger partial charge >= 0.3 is 0 Å². The van der Waals surface area contributed by atoms with Gasteiger partial charge in [-0.25, -0.2) is 0 Å². The summed E-state index contributed by atoms with van der Waals surface area (Å²) < 4.78 is 0. The molecule has 5 nitrogen and oxygen atoms in total. The molecule has 0 aromatic heterocycles. The zero-order valence-corrected chi connectivity index (χ0v) is 28.9. The minimum absolute atomic E-state index is 0.103. The van der Waals surface area contributed by atoms with E-state index >= 15 is 0 Å². The molecular weight excluding hydrogens is 496 g/mol. The van der Waals surface area contributed by atoms with Crippen LogP contribution >= 0.6 is 0 Å². The minimum atomic E-state index is -0.166. The van der Waals surface area contributed by atoms with Crippen LogP contribution in [0.4, 0.5) is 0 Å². The molecule has 0 spiro atoms. The number of nitrogens with zero attached hydrogens (tertiary/aromatic N) is 2. The number of rotatable bonds is 5. The summed E-state index contributed by atoms with van der Waals surface area (Å²) in [5.74, 6) is 1.74. The first-order valence-corrected chi connectivity index (χ1v) is 15.5. The second-order valence-electron chi connectivity index (χ2n) is 17.5. The maximum Gasteiger partial charge on any atom is 0.123 e. The molecule has 2 aliphatic rings. The fourth-order valence-corrected chi connectivity index (χ4v) is 9.10. The van der Waals surface area contributed by atoms with E-state index in [9.17, 15) is 5.11 Å². The highest BCUT2D eigenvalue weighted by atomic mass is 16.7. The van der Waals surface area contributed by atoms with Crippen molar-refractivity contribution in [3.63, 3.8) is 0 Å². The molecule has 0 bridgehead atoms. The van der Waals surface area contributed by atoms with E-state index in [2.05, 4.69) is 119 Å². The topological polar surface area (TPSA) is 45.2 Å². The predicted octanol–water partition coefficient (Wildman–Crippen LogP) is 8.73. The highest BCUT2D eigenvalue weighted by molar-refractivity contribution is 5.51. The second-order valence-corrected chi connectivity index (χ2v) is 17.5. The second kappa shape index (κ2) is 10.5. The summed E-state index contributed by atoms with van der Waals surface area (Å²) in [7, 11) is 3.63. The molecule has 1 aromatic rings. The van der Waals surface area contributed by atoms with E-state index in [4.69, 9.17) is 9.68 Å². The van der Waals surface area contributed by atoms with Crippen molar-refractivity contribution in [1.82, 2.24) is 10.1 Å². The smallest absolute Gasteiger partial charge is 0.123 e. The Kier molecular flexibility index (Phi) is 8.79. The number of phenols is 1. The van der Waals surface area contributed by atoms with E-state index < -0.39 is 0 Å². The molecule has 1 N–H and O–H groups in total. The predicted molar refractivity (Wildman–Crippen MR) is 168 cm³/mol. The van der Waals surface area contributed by atoms with Crippen molar-refractivity contribution in [3.8, 4) is 5.75 Å². The van der Waals surface area contributed by atoms with Crippen molar-refractivity contribution < 1.29 is 14.8 Å². The van der Waals surface area contributed by atoms with Gasteiger partial charge in [0.05, 0.1) is 14.2 Å². The molecule has 0 radical (unpaired) electrons. The van der Waals surface area contributed by atoms with Crippen molar-refractivity contribution in [1.29, 1.82) is 0 Å². The molecule has 230 valence electrons. The molecule has 0 unspecified atom stereocenters. The van der Waals surface area contributed by atoms with E-state index in [1.165, 1.54) is 5.56 Å². The average Bonchev–Trinajstić information content (AvgIpc) is 2.70. The van der Waals surface area contributed by atoms with E-state index in [0.717, 1.165) is 36.8 Å². The van der Waals surface area contributed by atoms with Gasteiger partial charge in [-0.2, -0.15) is 10.1 Å². The van der Waals surface area contributed by atoms with Gasteiger partial charge in [-0.15, -0.1) is 0 Å². The van der Waals surface area contributed by atoms with E-state index in [1.54, 1.807) is 0 Å². The molecule has 5 heteroatoms. The third-order valence-corrected chi connectivity index (χ3v) is 9.76. The summed E-state index contributed by atoms with van der Waals surface area (Å²) >= 11 is 0. The van der Waals surface area contributed by atoms with Crippen LogP contribution in [0.5, 0.6) is 5.75 Å². The number of aromatic hydroxyl groups is 1. The fourth-order valence-electron chi connectivity index (χ4n) is 9.10. The molecule has 2 saturated heterocycles. The van der Waals surface area contributed by atoms with E-state index in [-0.39, 0.29) is 33.0 Å². The molecule has 40 heavy (non-hydrogen) atoms. The lowest BCUT2D eigenvalue weighted by atomic mass is 9.60. The van der Waals surface area contributed by atoms with Gasteiger partial charge in [-0.1, -0.05) is 53.7 Å². The number of hydroxylamine groups is 4. The lowest BCUT2D eigenvalue weighted by Gasteiger charge is -2.58. The van der Waals surface area contributed by atoms with Gasteiger partial charge < -0.3 is 14.8 Å². The zero-order valence-electron chi connectivity index (χ0n) is 28.9. The molecule has 0 atom stereocenters. The average molecular weight is 559 g/mol. The lowest BCUT2D eigenvalue weighted by molar-refractivity contribution is -0.282. The molecule has 0 saturated carbocycles. The van der Waals surface area contributed by atoms with Crippen LogP contribution in [-0.4, -0.2) is 51.6 Å². The van der Waals surface area contributed by atoms with Gasteiger partial charge in [0.2, 0.25) is 0 Å². The van der Waals surface area contributed by atoms with Crippen LogP contribution < -0.4 is 0 Å². The fraction of sp³-hybridized carbons (Fsp3) is 0.829. The molecule has 3 rings (SSSR count). The summed E-state index contributed by atoms with van der Waals surface area (Å²) in [6, 6.07) is 4.72. The Morgan fingerprint density at radius 3 is 1.15 bits per heavy atom. The molecular formula is C35H62N2O3. The largest absolute Gasteiger partial charge is 0.507 e. The molecule has 0 amide bonds. The highest BCUT2D eigenvalue weighted by Gasteiger charge is 2.53. The van der Waals surface area contributed by atoms with Crippen LogP contribution in [0.2, 0.25) is 0 Å². The Bertz CT molecular complexity index is 942. The van der Waals surface area contributed by atoms with Crippen LogP contribution in [0.25, 0.3) is 0 Å². The highest BCUT2D eigenvalue weighted by Crippen LogP contribution is 2.55. The molecule has 2 aliphatic heterocycles. The zero-order chi connectivity index (χ0) is 30.9. The standard InChI is InChI=1S/C35H62N2O3/c1-30(2,3)26-17-23(18-27(29(26)38)31(4,5)6)28(24-19-32(7,8)36(39-15)33(9,10)20-24)25-21-34(11,12)37(40-16)35(13,14)22-25/h17-18,24-25,28,38H,19-22H2,1-16H3. The SMILES string of the molecule is CON1C(C)(C)CC(C(c2cc(C(C)(C)C)c(O)c(C(C)(C)C)c2)C2CC(C)(C)N(OC)C(C)(C)C2)CC1(C)C. The Morgan fingerprint density at radius 2 is 0.925 bits per heavy atom. The van der Waals surface area contributed by atoms with Gasteiger partial charge in [0.15, 0.2) is 0 Å². The minimum Gasteiger partial charge on any atom is -0.507 e. The normalized spacial score (nSPS) is 24.5. The van der Waals surface area contributed by atoms with Crippen LogP contribution in [-0.2, 0) is 20.5 Å². The van der Waals surface area contributed by atoms with E-state index in [1.807, 2.05) is 14.2 Å². The Labute approximate surface area is 246 Å². The van der Waals surface area contributed by atoms with Crippen molar-refractivity contribution in [2.24, 2.45) is 11.8 Å². The maximum absolute atomic E-state index is 11.6. The van der Waals surface area contributed by atoms with E-state index in [0.29, 0.717) is 23.5 Å². The van der Waals surface area contributed by atoms with Crippen LogP contribution in [0.1, 0.15) is 145 Å². The van der Waals surface area contributed by atoms with Crippen LogP contribution in [0, 0.1) is 11.8 Å². The molecule has 0 aliphatic carbocycles. The van der Waals surface area contributed by atoms with Gasteiger partial charge in [0, 0.05) is 22.2 Å². The summed E-state index contributed by atoms with van der Waals surface area (Å²) in [4.78, 5) is 12.0. The summed E-state index contributed by atoms with van der Waals surface area (Å²) in [5.41, 5.74) is 2.76. The Hall–Kier alpha value is -1.14. The summed E-state index contributed by atoms with van der Waals surface area (Å²) in [5, 5.41) is 16.1. The number of phenolic OH excluding ortho intramolecular Hbond substituents is 1. The number of piperidine rings is 2. The van der Waals surface area contributed by atoms with Crippen molar-refractivity contribution in [2.75, 3.05) is 14.2 Å². The van der Waals surface area contributed by atoms with Crippen LogP contribution in [0.3, 0.4) is 0 Å². The van der Waals surface area contributed by atoms with Gasteiger partial charge in [0.25, 0.3) is 0 Å². The first-order valence-electron chi connectivity index (χ1n) is 15.5. The Morgan fingerprint density at radius 1 is 0.650 bits per heavy atom. The van der Waals surface area contributed by atoms with Crippen molar-refractivity contribution in [2.45, 2.75) is 162 Å². The molecule has 2 fully saturated rings. The first-order chi connectivity index (χ1) is 17.9. The van der Waals surface area contributed by atoms with Crippen molar-refractivity contribution in [3.05, 3.63) is 28.8 Å². The Balaban J connectivity index is 2.31. The molecule has 2 heterocycles. The third-order valence-electron chi connectivity index (χ3n) is 9.76. The monoisotopic (exact) mass is 558 g/mol. The van der Waals surface area contributed by atoms with Gasteiger partial charge in [-0.3, -0.25) is 0 Å². The maximum atomic E-state index is 11.6. The van der Waals surface area contributed by atoms with Crippen LogP contribution in [0.15, 0.2) is 12.1 Å². The van der Waals surface area contributed by atoms with Crippen molar-refractivity contribution >= 4 is 0 Å². The number of hydrogen-bond acceptors (Lipinski definition) is 5.